The van der Waals surface area contributed by atoms with Crippen LogP contribution in [0.1, 0.15) is 44.7 Å². The van der Waals surface area contributed by atoms with Gasteiger partial charge in [0.05, 0.1) is 16.1 Å². The van der Waals surface area contributed by atoms with Gasteiger partial charge in [0, 0.05) is 24.8 Å². The fraction of sp³-hybridized carbons (Fsp3) is 0.483. The van der Waals surface area contributed by atoms with Crippen LogP contribution in [0, 0.1) is 5.82 Å². The van der Waals surface area contributed by atoms with Gasteiger partial charge < -0.3 is 20.1 Å². The predicted molar refractivity (Wildman–Crippen MR) is 159 cm³/mol. The van der Waals surface area contributed by atoms with Crippen LogP contribution >= 0.6 is 23.4 Å². The molecule has 0 saturated carbocycles. The zero-order chi connectivity index (χ0) is 34.9. The highest BCUT2D eigenvalue weighted by Gasteiger charge is 2.38. The van der Waals surface area contributed by atoms with Crippen LogP contribution in [0.2, 0.25) is 5.02 Å². The molecule has 0 aromatic heterocycles. The Balaban J connectivity index is 2.31. The van der Waals surface area contributed by atoms with Gasteiger partial charge in [0.2, 0.25) is 5.91 Å². The molecule has 0 spiro atoms. The van der Waals surface area contributed by atoms with E-state index in [1.165, 1.54) is 23.9 Å². The van der Waals surface area contributed by atoms with Gasteiger partial charge >= 0.3 is 18.4 Å². The Morgan fingerprint density at radius 2 is 1.59 bits per heavy atom. The van der Waals surface area contributed by atoms with E-state index in [-0.39, 0.29) is 36.3 Å². The van der Waals surface area contributed by atoms with Crippen LogP contribution in [0.25, 0.3) is 0 Å². The molecular formula is C29H33ClF7N3O5S. The van der Waals surface area contributed by atoms with Crippen molar-refractivity contribution in [2.24, 2.45) is 0 Å². The molecule has 17 heteroatoms. The van der Waals surface area contributed by atoms with Crippen LogP contribution in [0.15, 0.2) is 36.4 Å². The number of anilines is 1. The molecule has 0 unspecified atom stereocenters. The van der Waals surface area contributed by atoms with Gasteiger partial charge in [0.1, 0.15) is 23.2 Å². The highest BCUT2D eigenvalue weighted by Crippen LogP contribution is 2.37. The second-order valence-electron chi connectivity index (χ2n) is 10.8. The number of carbonyl (C=O) groups is 3. The third kappa shape index (κ3) is 12.8. The summed E-state index contributed by atoms with van der Waals surface area (Å²) >= 11 is 7.03. The van der Waals surface area contributed by atoms with Crippen molar-refractivity contribution < 1.29 is 54.6 Å². The van der Waals surface area contributed by atoms with E-state index < -0.39 is 71.1 Å². The summed E-state index contributed by atoms with van der Waals surface area (Å²) in [6.45, 7) is 3.49. The van der Waals surface area contributed by atoms with E-state index in [1.807, 2.05) is 0 Å². The number of thioether (sulfide) groups is 1. The molecule has 2 aromatic carbocycles. The molecule has 2 N–H and O–H groups in total. The smallest absolute Gasteiger partial charge is 0.416 e. The molecule has 0 fully saturated rings. The molecule has 1 atom stereocenters. The summed E-state index contributed by atoms with van der Waals surface area (Å²) < 4.78 is 105. The number of hydrogen-bond acceptors (Lipinski definition) is 6. The lowest BCUT2D eigenvalue weighted by Crippen LogP contribution is -2.51. The Morgan fingerprint density at radius 1 is 0.978 bits per heavy atom. The van der Waals surface area contributed by atoms with Crippen molar-refractivity contribution in [1.82, 2.24) is 10.2 Å². The van der Waals surface area contributed by atoms with Gasteiger partial charge in [-0.15, -0.1) is 0 Å². The van der Waals surface area contributed by atoms with Crippen LogP contribution in [0.3, 0.4) is 0 Å². The molecule has 8 nitrogen and oxygen atoms in total. The number of ether oxygens (including phenoxy) is 2. The number of hydrogen-bond donors (Lipinski definition) is 2. The number of amides is 3. The van der Waals surface area contributed by atoms with E-state index in [2.05, 4.69) is 10.6 Å². The largest absolute Gasteiger partial charge is 0.484 e. The second-order valence-corrected chi connectivity index (χ2v) is 12.2. The maximum Gasteiger partial charge on any atom is 0.416 e. The Bertz CT molecular complexity index is 1340. The summed E-state index contributed by atoms with van der Waals surface area (Å²) in [7, 11) is 0. The first-order valence-corrected chi connectivity index (χ1v) is 15.4. The minimum Gasteiger partial charge on any atom is -0.484 e. The first kappa shape index (κ1) is 38.8. The molecule has 2 rings (SSSR count). The van der Waals surface area contributed by atoms with Crippen molar-refractivity contribution in [1.29, 1.82) is 0 Å². The highest BCUT2D eigenvalue weighted by molar-refractivity contribution is 7.98. The lowest BCUT2D eigenvalue weighted by atomic mass is 10.1. The number of rotatable bonds is 13. The minimum atomic E-state index is -5.15. The molecule has 0 bridgehead atoms. The normalized spacial score (nSPS) is 12.7. The second kappa shape index (κ2) is 16.4. The standard InChI is InChI=1S/C29H33ClF7N3O5S/c1-27(2,3)45-26(43)40(10-9-38-24(41)16-44-20-7-8-21(30)22(31)15-20)23(6-5-11-46-4)25(42)39-19-13-17(28(32,33)34)12-18(14-19)29(35,36)37/h7-8,12-15,23H,5-6,9-11,16H2,1-4H3,(H,38,41)(H,39,42)/t23-/m1/s1. The molecule has 256 valence electrons. The first-order chi connectivity index (χ1) is 21.2. The summed E-state index contributed by atoms with van der Waals surface area (Å²) in [5.74, 6) is -2.00. The van der Waals surface area contributed by atoms with Gasteiger partial charge in [-0.05, 0) is 76.0 Å². The van der Waals surface area contributed by atoms with Crippen molar-refractivity contribution in [2.75, 3.05) is 37.0 Å². The number of carbonyl (C=O) groups excluding carboxylic acids is 3. The molecule has 0 aliphatic heterocycles. The molecule has 2 aromatic rings. The summed E-state index contributed by atoms with van der Waals surface area (Å²) in [6, 6.07) is 2.76. The molecule has 0 radical (unpaired) electrons. The van der Waals surface area contributed by atoms with Crippen molar-refractivity contribution in [3.05, 3.63) is 58.4 Å². The SMILES string of the molecule is CSCCC[C@H](C(=O)Nc1cc(C(F)(F)F)cc(C(F)(F)F)c1)N(CCNC(=O)COc1ccc(Cl)c(F)c1)C(=O)OC(C)(C)C. The fourth-order valence-electron chi connectivity index (χ4n) is 3.88. The molecule has 46 heavy (non-hydrogen) atoms. The highest BCUT2D eigenvalue weighted by atomic mass is 35.5. The van der Waals surface area contributed by atoms with Crippen molar-refractivity contribution >= 4 is 47.0 Å². The Hall–Kier alpha value is -3.40. The van der Waals surface area contributed by atoms with Crippen molar-refractivity contribution in [3.8, 4) is 5.75 Å². The third-order valence-electron chi connectivity index (χ3n) is 5.92. The third-order valence-corrected chi connectivity index (χ3v) is 6.93. The zero-order valence-corrected chi connectivity index (χ0v) is 26.8. The Kier molecular flexibility index (Phi) is 13.9. The Labute approximate surface area is 270 Å². The lowest BCUT2D eigenvalue weighted by molar-refractivity contribution is -0.143. The zero-order valence-electron chi connectivity index (χ0n) is 25.2. The van der Waals surface area contributed by atoms with Crippen molar-refractivity contribution in [2.45, 2.75) is 57.6 Å². The van der Waals surface area contributed by atoms with Crippen LogP contribution in [0.4, 0.5) is 41.2 Å². The van der Waals surface area contributed by atoms with E-state index in [9.17, 15) is 45.1 Å². The number of benzene rings is 2. The first-order valence-electron chi connectivity index (χ1n) is 13.6. The lowest BCUT2D eigenvalue weighted by Gasteiger charge is -2.33. The van der Waals surface area contributed by atoms with Gasteiger partial charge in [-0.1, -0.05) is 11.6 Å². The maximum atomic E-state index is 13.6. The Morgan fingerprint density at radius 3 is 2.11 bits per heavy atom. The average Bonchev–Trinajstić information content (AvgIpc) is 2.92. The number of halogens is 8. The number of alkyl halides is 6. The summed E-state index contributed by atoms with van der Waals surface area (Å²) in [4.78, 5) is 40.0. The number of nitrogens with zero attached hydrogens (tertiary/aromatic N) is 1. The quantitative estimate of drug-likeness (QED) is 0.167. The van der Waals surface area contributed by atoms with Gasteiger partial charge in [-0.25, -0.2) is 9.18 Å². The van der Waals surface area contributed by atoms with Crippen LogP contribution in [-0.4, -0.2) is 66.2 Å². The van der Waals surface area contributed by atoms with E-state index in [0.29, 0.717) is 24.3 Å². The fourth-order valence-corrected chi connectivity index (χ4v) is 4.45. The minimum absolute atomic E-state index is 0.0150. The van der Waals surface area contributed by atoms with Crippen molar-refractivity contribution in [3.63, 3.8) is 0 Å². The summed E-state index contributed by atoms with van der Waals surface area (Å²) in [5.41, 5.74) is -5.10. The van der Waals surface area contributed by atoms with Crippen LogP contribution in [-0.2, 0) is 26.7 Å². The van der Waals surface area contributed by atoms with Gasteiger partial charge in [-0.3, -0.25) is 14.5 Å². The molecular weight excluding hydrogens is 671 g/mol. The summed E-state index contributed by atoms with van der Waals surface area (Å²) in [5, 5.41) is 4.41. The van der Waals surface area contributed by atoms with Crippen LogP contribution in [0.5, 0.6) is 5.75 Å². The van der Waals surface area contributed by atoms with Crippen LogP contribution < -0.4 is 15.4 Å². The van der Waals surface area contributed by atoms with E-state index in [0.717, 1.165) is 11.0 Å². The molecule has 3 amide bonds. The maximum absolute atomic E-state index is 13.6. The van der Waals surface area contributed by atoms with E-state index in [4.69, 9.17) is 21.1 Å². The topological polar surface area (TPSA) is 97.0 Å². The van der Waals surface area contributed by atoms with E-state index in [1.54, 1.807) is 27.0 Å². The summed E-state index contributed by atoms with van der Waals surface area (Å²) in [6.07, 6.45) is -9.25. The predicted octanol–water partition coefficient (Wildman–Crippen LogP) is 7.40. The molecule has 0 aliphatic carbocycles. The molecule has 0 heterocycles. The molecule has 0 saturated heterocycles. The average molecular weight is 704 g/mol. The van der Waals surface area contributed by atoms with Gasteiger partial charge in [0.15, 0.2) is 6.61 Å². The van der Waals surface area contributed by atoms with Gasteiger partial charge in [-0.2, -0.15) is 38.1 Å². The van der Waals surface area contributed by atoms with Gasteiger partial charge in [0.25, 0.3) is 5.91 Å². The number of nitrogens with one attached hydrogen (secondary N) is 2. The monoisotopic (exact) mass is 703 g/mol. The van der Waals surface area contributed by atoms with E-state index >= 15 is 0 Å². The molecule has 0 aliphatic rings.